The summed E-state index contributed by atoms with van der Waals surface area (Å²) in [5, 5.41) is 10.3. The van der Waals surface area contributed by atoms with Crippen molar-refractivity contribution in [2.45, 2.75) is 37.9 Å². The molecule has 0 unspecified atom stereocenters. The maximum Gasteiger partial charge on any atom is 0.0618 e. The summed E-state index contributed by atoms with van der Waals surface area (Å²) in [6, 6.07) is 10.2. The Kier molecular flexibility index (Phi) is 9.16. The van der Waals surface area contributed by atoms with Gasteiger partial charge in [-0.2, -0.15) is 0 Å². The van der Waals surface area contributed by atoms with Gasteiger partial charge in [-0.3, -0.25) is 0 Å². The van der Waals surface area contributed by atoms with Crippen LogP contribution >= 0.6 is 23.5 Å². The SMILES string of the molecule is CCSC(SCC)[C@H](C)[C@H](O)C/C=C/c1ccccc1. The van der Waals surface area contributed by atoms with Gasteiger partial charge in [-0.05, 0) is 23.5 Å². The van der Waals surface area contributed by atoms with Gasteiger partial charge in [0.25, 0.3) is 0 Å². The number of aliphatic hydroxyl groups excluding tert-OH is 1. The van der Waals surface area contributed by atoms with Crippen molar-refractivity contribution in [3.05, 3.63) is 42.0 Å². The van der Waals surface area contributed by atoms with Crippen LogP contribution < -0.4 is 0 Å². The molecule has 0 saturated carbocycles. The molecule has 1 N–H and O–H groups in total. The predicted octanol–water partition coefficient (Wildman–Crippen LogP) is 4.92. The van der Waals surface area contributed by atoms with E-state index in [0.29, 0.717) is 10.5 Å². The van der Waals surface area contributed by atoms with Crippen LogP contribution in [0.15, 0.2) is 36.4 Å². The minimum Gasteiger partial charge on any atom is -0.392 e. The quantitative estimate of drug-likeness (QED) is 0.654. The third-order valence-corrected chi connectivity index (χ3v) is 6.18. The van der Waals surface area contributed by atoms with Crippen LogP contribution in [0.4, 0.5) is 0 Å². The Morgan fingerprint density at radius 1 is 1.10 bits per heavy atom. The van der Waals surface area contributed by atoms with Crippen molar-refractivity contribution in [3.63, 3.8) is 0 Å². The summed E-state index contributed by atoms with van der Waals surface area (Å²) < 4.78 is 0.491. The first kappa shape index (κ1) is 17.7. The summed E-state index contributed by atoms with van der Waals surface area (Å²) in [5.74, 6) is 2.52. The number of thioether (sulfide) groups is 2. The van der Waals surface area contributed by atoms with Crippen molar-refractivity contribution < 1.29 is 5.11 Å². The molecule has 0 amide bonds. The molecule has 112 valence electrons. The number of benzene rings is 1. The Bertz CT molecular complexity index is 372. The van der Waals surface area contributed by atoms with E-state index in [1.807, 2.05) is 41.7 Å². The lowest BCUT2D eigenvalue weighted by molar-refractivity contribution is 0.127. The number of rotatable bonds is 9. The Balaban J connectivity index is 2.47. The van der Waals surface area contributed by atoms with Crippen molar-refractivity contribution in [2.24, 2.45) is 5.92 Å². The van der Waals surface area contributed by atoms with E-state index in [4.69, 9.17) is 0 Å². The van der Waals surface area contributed by atoms with E-state index in [0.717, 1.165) is 17.9 Å². The standard InChI is InChI=1S/C17H26OS2/c1-4-19-17(20-5-2)14(3)16(18)13-9-12-15-10-7-6-8-11-15/h6-12,14,16-18H,4-5,13H2,1-3H3/b12-9+/t14-,16-/m1/s1. The van der Waals surface area contributed by atoms with Gasteiger partial charge in [-0.25, -0.2) is 0 Å². The zero-order valence-corrected chi connectivity index (χ0v) is 14.3. The zero-order chi connectivity index (χ0) is 14.8. The van der Waals surface area contributed by atoms with Gasteiger partial charge >= 0.3 is 0 Å². The Morgan fingerprint density at radius 2 is 1.70 bits per heavy atom. The van der Waals surface area contributed by atoms with Gasteiger partial charge in [0, 0.05) is 5.92 Å². The largest absolute Gasteiger partial charge is 0.392 e. The molecule has 0 radical (unpaired) electrons. The van der Waals surface area contributed by atoms with E-state index < -0.39 is 0 Å². The zero-order valence-electron chi connectivity index (χ0n) is 12.7. The van der Waals surface area contributed by atoms with Gasteiger partial charge in [-0.15, -0.1) is 23.5 Å². The molecule has 0 aliphatic heterocycles. The van der Waals surface area contributed by atoms with Gasteiger partial charge in [0.2, 0.25) is 0 Å². The summed E-state index contributed by atoms with van der Waals surface area (Å²) in [4.78, 5) is 0. The molecule has 0 saturated heterocycles. The highest BCUT2D eigenvalue weighted by Crippen LogP contribution is 2.33. The van der Waals surface area contributed by atoms with E-state index in [1.165, 1.54) is 5.56 Å². The lowest BCUT2D eigenvalue weighted by Crippen LogP contribution is -2.25. The first-order valence-corrected chi connectivity index (χ1v) is 9.41. The fourth-order valence-electron chi connectivity index (χ4n) is 1.98. The van der Waals surface area contributed by atoms with Crippen LogP contribution in [0, 0.1) is 5.92 Å². The van der Waals surface area contributed by atoms with Crippen LogP contribution in [0.25, 0.3) is 6.08 Å². The molecule has 0 bridgehead atoms. The second-order valence-corrected chi connectivity index (χ2v) is 7.89. The molecule has 0 aromatic heterocycles. The molecule has 0 aliphatic carbocycles. The Morgan fingerprint density at radius 3 is 2.25 bits per heavy atom. The first-order chi connectivity index (χ1) is 9.69. The highest BCUT2D eigenvalue weighted by atomic mass is 32.2. The van der Waals surface area contributed by atoms with Crippen LogP contribution in [-0.4, -0.2) is 27.3 Å². The summed E-state index contributed by atoms with van der Waals surface area (Å²) in [6.45, 7) is 6.53. The molecule has 1 rings (SSSR count). The lowest BCUT2D eigenvalue weighted by atomic mass is 10.0. The molecule has 0 fully saturated rings. The normalized spacial score (nSPS) is 14.8. The smallest absolute Gasteiger partial charge is 0.0618 e. The Labute approximate surface area is 132 Å². The predicted molar refractivity (Wildman–Crippen MR) is 95.3 cm³/mol. The number of aliphatic hydroxyl groups is 1. The molecular weight excluding hydrogens is 284 g/mol. The molecule has 0 aliphatic rings. The van der Waals surface area contributed by atoms with E-state index in [1.54, 1.807) is 0 Å². The average molecular weight is 311 g/mol. The summed E-state index contributed by atoms with van der Waals surface area (Å²) in [5.41, 5.74) is 1.19. The average Bonchev–Trinajstić information content (AvgIpc) is 2.47. The van der Waals surface area contributed by atoms with Crippen LogP contribution in [-0.2, 0) is 0 Å². The summed E-state index contributed by atoms with van der Waals surface area (Å²) >= 11 is 3.89. The van der Waals surface area contributed by atoms with Crippen molar-refractivity contribution in [1.82, 2.24) is 0 Å². The van der Waals surface area contributed by atoms with Gasteiger partial charge in [0.1, 0.15) is 0 Å². The van der Waals surface area contributed by atoms with Gasteiger partial charge < -0.3 is 5.11 Å². The maximum absolute atomic E-state index is 10.3. The maximum atomic E-state index is 10.3. The monoisotopic (exact) mass is 310 g/mol. The fourth-order valence-corrected chi connectivity index (χ4v) is 4.81. The summed E-state index contributed by atoms with van der Waals surface area (Å²) in [6.07, 6.45) is 4.63. The van der Waals surface area contributed by atoms with Crippen molar-refractivity contribution in [1.29, 1.82) is 0 Å². The van der Waals surface area contributed by atoms with Crippen LogP contribution in [0.2, 0.25) is 0 Å². The third-order valence-electron chi connectivity index (χ3n) is 3.19. The number of hydrogen-bond donors (Lipinski definition) is 1. The molecule has 1 nitrogen and oxygen atoms in total. The molecule has 20 heavy (non-hydrogen) atoms. The van der Waals surface area contributed by atoms with Crippen LogP contribution in [0.1, 0.15) is 32.8 Å². The number of hydrogen-bond acceptors (Lipinski definition) is 3. The van der Waals surface area contributed by atoms with Crippen LogP contribution in [0.3, 0.4) is 0 Å². The molecule has 2 atom stereocenters. The van der Waals surface area contributed by atoms with E-state index >= 15 is 0 Å². The topological polar surface area (TPSA) is 20.2 Å². The minimum atomic E-state index is -0.266. The van der Waals surface area contributed by atoms with Gasteiger partial charge in [-0.1, -0.05) is 63.3 Å². The fraction of sp³-hybridized carbons (Fsp3) is 0.529. The second kappa shape index (κ2) is 10.4. The molecule has 1 aromatic carbocycles. The van der Waals surface area contributed by atoms with Crippen molar-refractivity contribution >= 4 is 29.6 Å². The van der Waals surface area contributed by atoms with E-state index in [9.17, 15) is 5.11 Å². The highest BCUT2D eigenvalue weighted by molar-refractivity contribution is 8.17. The molecular formula is C17H26OS2. The Hall–Kier alpha value is -0.380. The highest BCUT2D eigenvalue weighted by Gasteiger charge is 2.23. The summed E-state index contributed by atoms with van der Waals surface area (Å²) in [7, 11) is 0. The molecule has 0 heterocycles. The van der Waals surface area contributed by atoms with E-state index in [-0.39, 0.29) is 6.10 Å². The van der Waals surface area contributed by atoms with Gasteiger partial charge in [0.05, 0.1) is 10.7 Å². The first-order valence-electron chi connectivity index (χ1n) is 7.31. The molecule has 0 spiro atoms. The minimum absolute atomic E-state index is 0.266. The van der Waals surface area contributed by atoms with Crippen LogP contribution in [0.5, 0.6) is 0 Å². The molecule has 3 heteroatoms. The lowest BCUT2D eigenvalue weighted by Gasteiger charge is -2.26. The van der Waals surface area contributed by atoms with Gasteiger partial charge in [0.15, 0.2) is 0 Å². The van der Waals surface area contributed by atoms with E-state index in [2.05, 4.69) is 45.1 Å². The van der Waals surface area contributed by atoms with Crippen molar-refractivity contribution in [2.75, 3.05) is 11.5 Å². The van der Waals surface area contributed by atoms with Crippen molar-refractivity contribution in [3.8, 4) is 0 Å². The second-order valence-electron chi connectivity index (χ2n) is 4.75. The third kappa shape index (κ3) is 6.38. The molecule has 1 aromatic rings.